The molecule has 0 fully saturated rings. The highest BCUT2D eigenvalue weighted by molar-refractivity contribution is 7.98. The van der Waals surface area contributed by atoms with Crippen LogP contribution in [0.25, 0.3) is 5.69 Å². The minimum Gasteiger partial charge on any atom is -0.382 e. The Labute approximate surface area is 180 Å². The Morgan fingerprint density at radius 1 is 1.17 bits per heavy atom. The SMILES string of the molecule is CCOCCCNC(=O)c1nnn(-c2ccccc2)c1CSc1nc(C)cc(C)n1. The van der Waals surface area contributed by atoms with Crippen molar-refractivity contribution in [1.82, 2.24) is 30.3 Å². The molecule has 158 valence electrons. The third-order valence-corrected chi connectivity index (χ3v) is 5.09. The summed E-state index contributed by atoms with van der Waals surface area (Å²) in [5.41, 5.74) is 3.68. The molecule has 0 aliphatic heterocycles. The van der Waals surface area contributed by atoms with Gasteiger partial charge in [-0.05, 0) is 45.4 Å². The van der Waals surface area contributed by atoms with Crippen molar-refractivity contribution in [2.45, 2.75) is 38.1 Å². The number of ether oxygens (including phenoxy) is 1. The van der Waals surface area contributed by atoms with Gasteiger partial charge >= 0.3 is 0 Å². The summed E-state index contributed by atoms with van der Waals surface area (Å²) in [5.74, 6) is 0.220. The van der Waals surface area contributed by atoms with Gasteiger partial charge in [0, 0.05) is 36.9 Å². The molecular formula is C21H26N6O2S. The summed E-state index contributed by atoms with van der Waals surface area (Å²) < 4.78 is 7.01. The number of benzene rings is 1. The summed E-state index contributed by atoms with van der Waals surface area (Å²) in [6.45, 7) is 7.63. The number of aromatic nitrogens is 5. The average molecular weight is 427 g/mol. The second kappa shape index (κ2) is 10.8. The number of carbonyl (C=O) groups is 1. The summed E-state index contributed by atoms with van der Waals surface area (Å²) >= 11 is 1.46. The lowest BCUT2D eigenvalue weighted by Gasteiger charge is -2.09. The molecule has 0 atom stereocenters. The monoisotopic (exact) mass is 426 g/mol. The van der Waals surface area contributed by atoms with Crippen LogP contribution in [0.3, 0.4) is 0 Å². The first-order valence-corrected chi connectivity index (χ1v) is 10.9. The molecule has 1 amide bonds. The van der Waals surface area contributed by atoms with E-state index in [-0.39, 0.29) is 5.91 Å². The fourth-order valence-corrected chi connectivity index (χ4v) is 3.82. The molecule has 0 bridgehead atoms. The Balaban J connectivity index is 1.80. The molecule has 3 rings (SSSR count). The van der Waals surface area contributed by atoms with Crippen LogP contribution in [0, 0.1) is 13.8 Å². The standard InChI is InChI=1S/C21H26N6O2S/c1-4-29-12-8-11-22-20(28)19-18(14-30-21-23-15(2)13-16(3)24-21)27(26-25-19)17-9-6-5-7-10-17/h5-7,9-10,13H,4,8,11-12,14H2,1-3H3,(H,22,28). The van der Waals surface area contributed by atoms with Crippen molar-refractivity contribution < 1.29 is 9.53 Å². The van der Waals surface area contributed by atoms with Crippen LogP contribution in [-0.4, -0.2) is 50.6 Å². The van der Waals surface area contributed by atoms with Crippen LogP contribution in [0.4, 0.5) is 0 Å². The molecule has 0 saturated heterocycles. The quantitative estimate of drug-likeness (QED) is 0.302. The van der Waals surface area contributed by atoms with E-state index in [1.165, 1.54) is 11.8 Å². The first-order valence-electron chi connectivity index (χ1n) is 9.89. The van der Waals surface area contributed by atoms with E-state index in [1.807, 2.05) is 57.2 Å². The molecule has 0 unspecified atom stereocenters. The van der Waals surface area contributed by atoms with Crippen LogP contribution in [0.5, 0.6) is 0 Å². The predicted molar refractivity (Wildman–Crippen MR) is 116 cm³/mol. The lowest BCUT2D eigenvalue weighted by molar-refractivity contribution is 0.0938. The second-order valence-corrected chi connectivity index (χ2v) is 7.60. The molecule has 2 heterocycles. The minimum absolute atomic E-state index is 0.245. The number of rotatable bonds is 10. The summed E-state index contributed by atoms with van der Waals surface area (Å²) in [5, 5.41) is 12.0. The predicted octanol–water partition coefficient (Wildman–Crippen LogP) is 3.12. The third kappa shape index (κ3) is 5.87. The Morgan fingerprint density at radius 3 is 2.60 bits per heavy atom. The normalized spacial score (nSPS) is 10.9. The Morgan fingerprint density at radius 2 is 1.90 bits per heavy atom. The lowest BCUT2D eigenvalue weighted by atomic mass is 10.3. The molecule has 3 aromatic rings. The van der Waals surface area contributed by atoms with Crippen molar-refractivity contribution in [3.63, 3.8) is 0 Å². The number of aryl methyl sites for hydroxylation is 2. The van der Waals surface area contributed by atoms with Gasteiger partial charge in [-0.15, -0.1) is 5.10 Å². The van der Waals surface area contributed by atoms with E-state index >= 15 is 0 Å². The average Bonchev–Trinajstić information content (AvgIpc) is 3.16. The zero-order chi connectivity index (χ0) is 21.3. The summed E-state index contributed by atoms with van der Waals surface area (Å²) in [6, 6.07) is 11.6. The first kappa shape index (κ1) is 21.9. The number of nitrogens with zero attached hydrogens (tertiary/aromatic N) is 5. The van der Waals surface area contributed by atoms with Gasteiger partial charge in [-0.1, -0.05) is 35.2 Å². The molecule has 9 heteroatoms. The Hall–Kier alpha value is -2.78. The van der Waals surface area contributed by atoms with E-state index in [2.05, 4.69) is 25.6 Å². The minimum atomic E-state index is -0.245. The molecule has 1 N–H and O–H groups in total. The van der Waals surface area contributed by atoms with Gasteiger partial charge in [0.15, 0.2) is 10.9 Å². The second-order valence-electron chi connectivity index (χ2n) is 6.66. The number of hydrogen-bond donors (Lipinski definition) is 1. The molecular weight excluding hydrogens is 400 g/mol. The Kier molecular flexibility index (Phi) is 7.92. The molecule has 8 nitrogen and oxygen atoms in total. The molecule has 30 heavy (non-hydrogen) atoms. The van der Waals surface area contributed by atoms with Crippen molar-refractivity contribution in [3.05, 3.63) is 59.2 Å². The molecule has 0 saturated carbocycles. The van der Waals surface area contributed by atoms with Crippen LogP contribution in [-0.2, 0) is 10.5 Å². The number of amides is 1. The molecule has 2 aromatic heterocycles. The number of carbonyl (C=O) groups excluding carboxylic acids is 1. The largest absolute Gasteiger partial charge is 0.382 e. The molecule has 0 spiro atoms. The van der Waals surface area contributed by atoms with E-state index < -0.39 is 0 Å². The van der Waals surface area contributed by atoms with Crippen molar-refractivity contribution >= 4 is 17.7 Å². The zero-order valence-corrected chi connectivity index (χ0v) is 18.3. The molecule has 0 aliphatic rings. The van der Waals surface area contributed by atoms with E-state index in [1.54, 1.807) is 4.68 Å². The molecule has 1 aromatic carbocycles. The molecule has 0 radical (unpaired) electrons. The number of nitrogens with one attached hydrogen (secondary N) is 1. The van der Waals surface area contributed by atoms with Gasteiger partial charge in [0.1, 0.15) is 0 Å². The fraction of sp³-hybridized carbons (Fsp3) is 0.381. The third-order valence-electron chi connectivity index (χ3n) is 4.23. The highest BCUT2D eigenvalue weighted by atomic mass is 32.2. The lowest BCUT2D eigenvalue weighted by Crippen LogP contribution is -2.26. The topological polar surface area (TPSA) is 94.8 Å². The summed E-state index contributed by atoms with van der Waals surface area (Å²) in [4.78, 5) is 21.7. The maximum Gasteiger partial charge on any atom is 0.273 e. The van der Waals surface area contributed by atoms with Crippen LogP contribution in [0.1, 0.15) is 40.9 Å². The molecule has 0 aliphatic carbocycles. The van der Waals surface area contributed by atoms with Gasteiger partial charge < -0.3 is 10.1 Å². The highest BCUT2D eigenvalue weighted by Gasteiger charge is 2.21. The Bertz CT molecular complexity index is 957. The van der Waals surface area contributed by atoms with Gasteiger partial charge in [-0.2, -0.15) is 0 Å². The van der Waals surface area contributed by atoms with E-state index in [0.29, 0.717) is 42.1 Å². The number of hydrogen-bond acceptors (Lipinski definition) is 7. The van der Waals surface area contributed by atoms with Crippen LogP contribution < -0.4 is 5.32 Å². The van der Waals surface area contributed by atoms with Crippen LogP contribution in [0.2, 0.25) is 0 Å². The highest BCUT2D eigenvalue weighted by Crippen LogP contribution is 2.23. The fourth-order valence-electron chi connectivity index (χ4n) is 2.88. The van der Waals surface area contributed by atoms with Crippen molar-refractivity contribution in [2.75, 3.05) is 19.8 Å². The summed E-state index contributed by atoms with van der Waals surface area (Å²) in [7, 11) is 0. The first-order chi connectivity index (χ1) is 14.6. The van der Waals surface area contributed by atoms with Gasteiger partial charge in [0.25, 0.3) is 5.91 Å². The van der Waals surface area contributed by atoms with Crippen LogP contribution in [0.15, 0.2) is 41.6 Å². The maximum atomic E-state index is 12.8. The smallest absolute Gasteiger partial charge is 0.273 e. The van der Waals surface area contributed by atoms with Gasteiger partial charge in [-0.3, -0.25) is 4.79 Å². The van der Waals surface area contributed by atoms with Gasteiger partial charge in [-0.25, -0.2) is 14.6 Å². The number of para-hydroxylation sites is 1. The number of thioether (sulfide) groups is 1. The van der Waals surface area contributed by atoms with Crippen LogP contribution >= 0.6 is 11.8 Å². The van der Waals surface area contributed by atoms with Crippen molar-refractivity contribution in [3.8, 4) is 5.69 Å². The van der Waals surface area contributed by atoms with E-state index in [9.17, 15) is 4.79 Å². The van der Waals surface area contributed by atoms with E-state index in [4.69, 9.17) is 4.74 Å². The van der Waals surface area contributed by atoms with Gasteiger partial charge in [0.05, 0.1) is 11.4 Å². The van der Waals surface area contributed by atoms with Crippen molar-refractivity contribution in [2.24, 2.45) is 0 Å². The van der Waals surface area contributed by atoms with Gasteiger partial charge in [0.2, 0.25) is 0 Å². The summed E-state index contributed by atoms with van der Waals surface area (Å²) in [6.07, 6.45) is 0.743. The maximum absolute atomic E-state index is 12.8. The van der Waals surface area contributed by atoms with E-state index in [0.717, 1.165) is 23.5 Å². The van der Waals surface area contributed by atoms with Crippen molar-refractivity contribution in [1.29, 1.82) is 0 Å². The zero-order valence-electron chi connectivity index (χ0n) is 17.5.